The van der Waals surface area contributed by atoms with Crippen LogP contribution in [0.4, 0.5) is 0 Å². The topological polar surface area (TPSA) is 57.2 Å². The predicted molar refractivity (Wildman–Crippen MR) is 83.3 cm³/mol. The molecule has 5 nitrogen and oxygen atoms in total. The van der Waals surface area contributed by atoms with Crippen molar-refractivity contribution in [3.8, 4) is 0 Å². The summed E-state index contributed by atoms with van der Waals surface area (Å²) in [5.74, 6) is 0.435. The Morgan fingerprint density at radius 3 is 1.57 bits per heavy atom. The molecule has 0 aromatic carbocycles. The molecule has 5 heteroatoms. The average Bonchev–Trinajstić information content (AvgIpc) is 2.48. The van der Waals surface area contributed by atoms with Gasteiger partial charge in [-0.3, -0.25) is 5.26 Å². The number of hydrogen-bond acceptors (Lipinski definition) is 5. The molecule has 0 saturated heterocycles. The van der Waals surface area contributed by atoms with Crippen molar-refractivity contribution in [2.24, 2.45) is 17.8 Å². The molecule has 7 atom stereocenters. The van der Waals surface area contributed by atoms with Crippen LogP contribution in [0.25, 0.3) is 0 Å². The summed E-state index contributed by atoms with van der Waals surface area (Å²) in [5, 5.41) is 8.89. The summed E-state index contributed by atoms with van der Waals surface area (Å²) >= 11 is 0. The van der Waals surface area contributed by atoms with E-state index in [0.29, 0.717) is 0 Å². The summed E-state index contributed by atoms with van der Waals surface area (Å²) < 4.78 is 17.0. The summed E-state index contributed by atoms with van der Waals surface area (Å²) in [6.07, 6.45) is 0.724. The van der Waals surface area contributed by atoms with E-state index in [1.165, 1.54) is 0 Å². The van der Waals surface area contributed by atoms with E-state index >= 15 is 0 Å². The van der Waals surface area contributed by atoms with Gasteiger partial charge in [0.25, 0.3) is 0 Å². The second kappa shape index (κ2) is 10.5. The maximum absolute atomic E-state index is 8.89. The minimum Gasteiger partial charge on any atom is -0.381 e. The third-order valence-corrected chi connectivity index (χ3v) is 4.82. The lowest BCUT2D eigenvalue weighted by molar-refractivity contribution is -0.292. The first-order valence-electron chi connectivity index (χ1n) is 7.77. The van der Waals surface area contributed by atoms with Gasteiger partial charge in [-0.2, -0.15) is 0 Å². The van der Waals surface area contributed by atoms with E-state index in [1.807, 2.05) is 13.8 Å². The highest BCUT2D eigenvalue weighted by Gasteiger charge is 2.37. The van der Waals surface area contributed by atoms with Crippen molar-refractivity contribution in [1.29, 1.82) is 0 Å². The Morgan fingerprint density at radius 1 is 0.762 bits per heavy atom. The van der Waals surface area contributed by atoms with Gasteiger partial charge in [0, 0.05) is 39.1 Å². The molecular weight excluding hydrogens is 272 g/mol. The van der Waals surface area contributed by atoms with Gasteiger partial charge in [-0.05, 0) is 13.3 Å². The molecule has 21 heavy (non-hydrogen) atoms. The second-order valence-corrected chi connectivity index (χ2v) is 5.97. The van der Waals surface area contributed by atoms with Crippen LogP contribution in [0.1, 0.15) is 41.0 Å². The molecule has 0 aromatic heterocycles. The first kappa shape index (κ1) is 20.8. The third-order valence-electron chi connectivity index (χ3n) is 4.82. The molecule has 1 N–H and O–H groups in total. The molecule has 0 fully saturated rings. The summed E-state index contributed by atoms with van der Waals surface area (Å²) in [6.45, 7) is 10.2. The second-order valence-electron chi connectivity index (χ2n) is 5.97. The average molecular weight is 306 g/mol. The monoisotopic (exact) mass is 306 g/mol. The molecule has 128 valence electrons. The fraction of sp³-hybridized carbons (Fsp3) is 1.00. The van der Waals surface area contributed by atoms with Crippen LogP contribution in [0, 0.1) is 17.8 Å². The molecule has 0 aliphatic heterocycles. The van der Waals surface area contributed by atoms with E-state index in [-0.39, 0.29) is 42.2 Å². The van der Waals surface area contributed by atoms with Crippen molar-refractivity contribution in [3.63, 3.8) is 0 Å². The van der Waals surface area contributed by atoms with E-state index in [1.54, 1.807) is 21.3 Å². The van der Waals surface area contributed by atoms with Crippen LogP contribution in [0.3, 0.4) is 0 Å². The summed E-state index contributed by atoms with van der Waals surface area (Å²) in [6, 6.07) is 0. The van der Waals surface area contributed by atoms with Crippen molar-refractivity contribution in [3.05, 3.63) is 0 Å². The number of methoxy groups -OCH3 is 3. The molecule has 0 aliphatic rings. The van der Waals surface area contributed by atoms with E-state index in [4.69, 9.17) is 19.5 Å². The van der Waals surface area contributed by atoms with Crippen molar-refractivity contribution in [2.75, 3.05) is 21.3 Å². The Hall–Kier alpha value is -0.200. The molecule has 0 heterocycles. The van der Waals surface area contributed by atoms with Gasteiger partial charge in [-0.15, -0.1) is 0 Å². The molecule has 0 amide bonds. The Bertz CT molecular complexity index is 257. The van der Waals surface area contributed by atoms with Crippen LogP contribution in [0.15, 0.2) is 0 Å². The standard InChI is InChI=1S/C16H34O5/c1-9-14(18-6)11(3)16(20-8)12(4)15(19-7)10(2)13(5)21-17/h10-17H,9H2,1-8H3. The Kier molecular flexibility index (Phi) is 10.4. The lowest BCUT2D eigenvalue weighted by atomic mass is 9.80. The fourth-order valence-corrected chi connectivity index (χ4v) is 3.33. The maximum Gasteiger partial charge on any atom is 0.0949 e. The molecule has 0 spiro atoms. The number of rotatable bonds is 11. The van der Waals surface area contributed by atoms with Gasteiger partial charge in [-0.1, -0.05) is 27.7 Å². The first-order chi connectivity index (χ1) is 9.89. The van der Waals surface area contributed by atoms with Gasteiger partial charge in [0.05, 0.1) is 24.4 Å². The highest BCUT2D eigenvalue weighted by atomic mass is 17.1. The SMILES string of the molecule is CCC(OC)C(C)C(OC)C(C)C(OC)C(C)C(C)OO. The number of hydrogen-bond donors (Lipinski definition) is 1. The number of ether oxygens (including phenoxy) is 3. The Balaban J connectivity index is 5.06. The lowest BCUT2D eigenvalue weighted by Gasteiger charge is -2.38. The van der Waals surface area contributed by atoms with Crippen molar-refractivity contribution >= 4 is 0 Å². The summed E-state index contributed by atoms with van der Waals surface area (Å²) in [5.41, 5.74) is 0. The van der Waals surface area contributed by atoms with Gasteiger partial charge >= 0.3 is 0 Å². The van der Waals surface area contributed by atoms with Gasteiger partial charge in [0.2, 0.25) is 0 Å². The molecule has 0 saturated carbocycles. The van der Waals surface area contributed by atoms with Crippen LogP contribution in [-0.2, 0) is 19.1 Å². The van der Waals surface area contributed by atoms with Gasteiger partial charge in [0.15, 0.2) is 0 Å². The van der Waals surface area contributed by atoms with Crippen molar-refractivity contribution < 1.29 is 24.4 Å². The highest BCUT2D eigenvalue weighted by Crippen LogP contribution is 2.30. The van der Waals surface area contributed by atoms with E-state index < -0.39 is 0 Å². The predicted octanol–water partition coefficient (Wildman–Crippen LogP) is 3.23. The molecule has 0 aliphatic carbocycles. The van der Waals surface area contributed by atoms with Crippen LogP contribution in [0.2, 0.25) is 0 Å². The first-order valence-corrected chi connectivity index (χ1v) is 7.77. The molecule has 0 radical (unpaired) electrons. The van der Waals surface area contributed by atoms with Crippen LogP contribution < -0.4 is 0 Å². The molecular formula is C16H34O5. The zero-order chi connectivity index (χ0) is 16.6. The molecule has 7 unspecified atom stereocenters. The minimum atomic E-state index is -0.297. The van der Waals surface area contributed by atoms with Crippen LogP contribution in [-0.4, -0.2) is 51.0 Å². The summed E-state index contributed by atoms with van der Waals surface area (Å²) in [7, 11) is 5.15. The van der Waals surface area contributed by atoms with Crippen molar-refractivity contribution in [1.82, 2.24) is 0 Å². The summed E-state index contributed by atoms with van der Waals surface area (Å²) in [4.78, 5) is 4.46. The maximum atomic E-state index is 8.89. The van der Waals surface area contributed by atoms with Gasteiger partial charge < -0.3 is 14.2 Å². The smallest absolute Gasteiger partial charge is 0.0949 e. The van der Waals surface area contributed by atoms with Crippen LogP contribution in [0.5, 0.6) is 0 Å². The van der Waals surface area contributed by atoms with Crippen molar-refractivity contribution in [2.45, 2.75) is 65.5 Å². The van der Waals surface area contributed by atoms with E-state index in [0.717, 1.165) is 6.42 Å². The third kappa shape index (κ3) is 5.49. The van der Waals surface area contributed by atoms with E-state index in [9.17, 15) is 0 Å². The van der Waals surface area contributed by atoms with Gasteiger partial charge in [-0.25, -0.2) is 4.89 Å². The largest absolute Gasteiger partial charge is 0.381 e. The molecule has 0 rings (SSSR count). The Morgan fingerprint density at radius 2 is 1.24 bits per heavy atom. The quantitative estimate of drug-likeness (QED) is 0.469. The van der Waals surface area contributed by atoms with E-state index in [2.05, 4.69) is 25.7 Å². The van der Waals surface area contributed by atoms with Crippen LogP contribution >= 0.6 is 0 Å². The fourth-order valence-electron chi connectivity index (χ4n) is 3.33. The zero-order valence-corrected chi connectivity index (χ0v) is 14.8. The molecule has 0 bridgehead atoms. The van der Waals surface area contributed by atoms with Gasteiger partial charge in [0.1, 0.15) is 0 Å². The lowest BCUT2D eigenvalue weighted by Crippen LogP contribution is -2.45. The Labute approximate surface area is 129 Å². The molecule has 0 aromatic rings. The minimum absolute atomic E-state index is 0.00759. The normalized spacial score (nSPS) is 22.1. The highest BCUT2D eigenvalue weighted by molar-refractivity contribution is 4.86. The zero-order valence-electron chi connectivity index (χ0n) is 14.8.